The molecular weight excluding hydrogens is 206 g/mol. The first-order valence-corrected chi connectivity index (χ1v) is 5.01. The highest BCUT2D eigenvalue weighted by Gasteiger charge is 2.13. The standard InChI is InChI=1S/C12H15NO3/c1-2-8-13(9-10-14)12(15)16-11-6-4-3-5-7-11/h2-7,14H,1,8-10H2. The minimum atomic E-state index is -0.486. The van der Waals surface area contributed by atoms with Gasteiger partial charge in [0.25, 0.3) is 0 Å². The van der Waals surface area contributed by atoms with Gasteiger partial charge < -0.3 is 14.7 Å². The molecule has 0 bridgehead atoms. The number of aliphatic hydroxyl groups excluding tert-OH is 1. The van der Waals surface area contributed by atoms with E-state index in [1.807, 2.05) is 6.07 Å². The first kappa shape index (κ1) is 12.3. The lowest BCUT2D eigenvalue weighted by atomic mass is 10.3. The van der Waals surface area contributed by atoms with Crippen molar-refractivity contribution < 1.29 is 14.6 Å². The summed E-state index contributed by atoms with van der Waals surface area (Å²) >= 11 is 0. The molecule has 0 atom stereocenters. The third-order valence-corrected chi connectivity index (χ3v) is 1.93. The van der Waals surface area contributed by atoms with E-state index in [0.29, 0.717) is 12.3 Å². The average Bonchev–Trinajstić information content (AvgIpc) is 2.30. The molecule has 0 radical (unpaired) electrons. The van der Waals surface area contributed by atoms with Crippen LogP contribution in [0.15, 0.2) is 43.0 Å². The van der Waals surface area contributed by atoms with Crippen LogP contribution < -0.4 is 4.74 Å². The average molecular weight is 221 g/mol. The number of carbonyl (C=O) groups excluding carboxylic acids is 1. The Bertz CT molecular complexity index is 337. The molecule has 16 heavy (non-hydrogen) atoms. The molecule has 0 saturated heterocycles. The van der Waals surface area contributed by atoms with E-state index < -0.39 is 6.09 Å². The van der Waals surface area contributed by atoms with Crippen molar-refractivity contribution in [2.75, 3.05) is 19.7 Å². The molecule has 1 amide bonds. The van der Waals surface area contributed by atoms with E-state index in [0.717, 1.165) is 0 Å². The lowest BCUT2D eigenvalue weighted by molar-refractivity contribution is 0.144. The summed E-state index contributed by atoms with van der Waals surface area (Å²) in [6.07, 6.45) is 1.10. The van der Waals surface area contributed by atoms with E-state index in [-0.39, 0.29) is 13.2 Å². The van der Waals surface area contributed by atoms with Crippen molar-refractivity contribution in [3.05, 3.63) is 43.0 Å². The summed E-state index contributed by atoms with van der Waals surface area (Å²) in [5, 5.41) is 8.79. The first-order valence-electron chi connectivity index (χ1n) is 5.01. The number of hydrogen-bond acceptors (Lipinski definition) is 3. The summed E-state index contributed by atoms with van der Waals surface area (Å²) in [6, 6.07) is 8.80. The summed E-state index contributed by atoms with van der Waals surface area (Å²) in [5.41, 5.74) is 0. The highest BCUT2D eigenvalue weighted by Crippen LogP contribution is 2.10. The normalized spacial score (nSPS) is 9.56. The smallest absolute Gasteiger partial charge is 0.410 e. The van der Waals surface area contributed by atoms with E-state index >= 15 is 0 Å². The van der Waals surface area contributed by atoms with Crippen LogP contribution in [0.4, 0.5) is 4.79 Å². The fourth-order valence-corrected chi connectivity index (χ4v) is 1.19. The molecular formula is C12H15NO3. The van der Waals surface area contributed by atoms with Crippen molar-refractivity contribution >= 4 is 6.09 Å². The Balaban J connectivity index is 2.58. The zero-order valence-corrected chi connectivity index (χ0v) is 9.00. The van der Waals surface area contributed by atoms with Gasteiger partial charge in [0.1, 0.15) is 5.75 Å². The van der Waals surface area contributed by atoms with Crippen LogP contribution in [0.5, 0.6) is 5.75 Å². The van der Waals surface area contributed by atoms with E-state index in [9.17, 15) is 4.79 Å². The number of para-hydroxylation sites is 1. The third-order valence-electron chi connectivity index (χ3n) is 1.93. The van der Waals surface area contributed by atoms with Gasteiger partial charge in [-0.25, -0.2) is 4.79 Å². The van der Waals surface area contributed by atoms with Crippen LogP contribution in [0, 0.1) is 0 Å². The lowest BCUT2D eigenvalue weighted by Gasteiger charge is -2.18. The number of hydrogen-bond donors (Lipinski definition) is 1. The molecule has 1 rings (SSSR count). The number of ether oxygens (including phenoxy) is 1. The van der Waals surface area contributed by atoms with Crippen molar-refractivity contribution in [2.24, 2.45) is 0 Å². The van der Waals surface area contributed by atoms with Crippen LogP contribution in [-0.2, 0) is 0 Å². The Labute approximate surface area is 94.8 Å². The largest absolute Gasteiger partial charge is 0.415 e. The Morgan fingerprint density at radius 3 is 2.69 bits per heavy atom. The molecule has 1 N–H and O–H groups in total. The predicted molar refractivity (Wildman–Crippen MR) is 61.3 cm³/mol. The fourth-order valence-electron chi connectivity index (χ4n) is 1.19. The van der Waals surface area contributed by atoms with Gasteiger partial charge in [-0.1, -0.05) is 24.3 Å². The van der Waals surface area contributed by atoms with E-state index in [1.54, 1.807) is 30.3 Å². The van der Waals surface area contributed by atoms with Gasteiger partial charge in [0.15, 0.2) is 0 Å². The lowest BCUT2D eigenvalue weighted by Crippen LogP contribution is -2.35. The van der Waals surface area contributed by atoms with Gasteiger partial charge in [-0.15, -0.1) is 6.58 Å². The quantitative estimate of drug-likeness (QED) is 0.769. The number of aliphatic hydroxyl groups is 1. The van der Waals surface area contributed by atoms with Crippen molar-refractivity contribution in [1.29, 1.82) is 0 Å². The van der Waals surface area contributed by atoms with Gasteiger partial charge in [-0.3, -0.25) is 0 Å². The molecule has 4 heteroatoms. The predicted octanol–water partition coefficient (Wildman–Crippen LogP) is 1.67. The Morgan fingerprint density at radius 1 is 1.44 bits per heavy atom. The van der Waals surface area contributed by atoms with Crippen LogP contribution in [0.2, 0.25) is 0 Å². The van der Waals surface area contributed by atoms with Crippen molar-refractivity contribution in [1.82, 2.24) is 4.90 Å². The van der Waals surface area contributed by atoms with Crippen molar-refractivity contribution in [3.63, 3.8) is 0 Å². The maximum absolute atomic E-state index is 11.6. The number of amides is 1. The molecule has 0 heterocycles. The second-order valence-corrected chi connectivity index (χ2v) is 3.14. The molecule has 86 valence electrons. The van der Waals surface area contributed by atoms with Gasteiger partial charge in [0.05, 0.1) is 6.61 Å². The molecule has 0 aliphatic rings. The van der Waals surface area contributed by atoms with Crippen LogP contribution >= 0.6 is 0 Å². The summed E-state index contributed by atoms with van der Waals surface area (Å²) in [4.78, 5) is 13.0. The van der Waals surface area contributed by atoms with Gasteiger partial charge in [-0.05, 0) is 12.1 Å². The maximum Gasteiger partial charge on any atom is 0.415 e. The van der Waals surface area contributed by atoms with Crippen LogP contribution in [0.1, 0.15) is 0 Å². The first-order chi connectivity index (χ1) is 7.77. The van der Waals surface area contributed by atoms with Gasteiger partial charge in [0, 0.05) is 13.1 Å². The molecule has 0 aromatic heterocycles. The highest BCUT2D eigenvalue weighted by molar-refractivity contribution is 5.70. The zero-order chi connectivity index (χ0) is 11.8. The second-order valence-electron chi connectivity index (χ2n) is 3.14. The maximum atomic E-state index is 11.6. The fraction of sp³-hybridized carbons (Fsp3) is 0.250. The summed E-state index contributed by atoms with van der Waals surface area (Å²) in [6.45, 7) is 4.03. The summed E-state index contributed by atoms with van der Waals surface area (Å²) in [7, 11) is 0. The number of carbonyl (C=O) groups is 1. The van der Waals surface area contributed by atoms with Gasteiger partial charge >= 0.3 is 6.09 Å². The molecule has 0 saturated carbocycles. The zero-order valence-electron chi connectivity index (χ0n) is 9.00. The van der Waals surface area contributed by atoms with Crippen LogP contribution in [0.3, 0.4) is 0 Å². The summed E-state index contributed by atoms with van der Waals surface area (Å²) in [5.74, 6) is 0.486. The number of rotatable bonds is 5. The van der Waals surface area contributed by atoms with Gasteiger partial charge in [-0.2, -0.15) is 0 Å². The second kappa shape index (κ2) is 6.63. The molecule has 0 aliphatic heterocycles. The molecule has 0 aliphatic carbocycles. The third kappa shape index (κ3) is 3.74. The Kier molecular flexibility index (Phi) is 5.08. The highest BCUT2D eigenvalue weighted by atomic mass is 16.6. The molecule has 4 nitrogen and oxygen atoms in total. The molecule has 0 fully saturated rings. The SMILES string of the molecule is C=CCN(CCO)C(=O)Oc1ccccc1. The monoisotopic (exact) mass is 221 g/mol. The van der Waals surface area contributed by atoms with E-state index in [1.165, 1.54) is 4.90 Å². The van der Waals surface area contributed by atoms with E-state index in [2.05, 4.69) is 6.58 Å². The summed E-state index contributed by atoms with van der Waals surface area (Å²) < 4.78 is 5.11. The topological polar surface area (TPSA) is 49.8 Å². The number of benzene rings is 1. The molecule has 0 spiro atoms. The molecule has 1 aromatic carbocycles. The minimum absolute atomic E-state index is 0.0995. The Morgan fingerprint density at radius 2 is 2.12 bits per heavy atom. The Hall–Kier alpha value is -1.81. The molecule has 0 unspecified atom stereocenters. The van der Waals surface area contributed by atoms with E-state index in [4.69, 9.17) is 9.84 Å². The molecule has 1 aromatic rings. The minimum Gasteiger partial charge on any atom is -0.410 e. The van der Waals surface area contributed by atoms with Crippen LogP contribution in [0.25, 0.3) is 0 Å². The van der Waals surface area contributed by atoms with Gasteiger partial charge in [0.2, 0.25) is 0 Å². The number of nitrogens with zero attached hydrogens (tertiary/aromatic N) is 1. The van der Waals surface area contributed by atoms with Crippen molar-refractivity contribution in [2.45, 2.75) is 0 Å². The van der Waals surface area contributed by atoms with Crippen molar-refractivity contribution in [3.8, 4) is 5.75 Å². The van der Waals surface area contributed by atoms with Crippen LogP contribution in [-0.4, -0.2) is 35.8 Å².